The van der Waals surface area contributed by atoms with Gasteiger partial charge in [-0.15, -0.1) is 0 Å². The van der Waals surface area contributed by atoms with E-state index in [0.29, 0.717) is 0 Å². The van der Waals surface area contributed by atoms with Gasteiger partial charge in [-0.25, -0.2) is 4.79 Å². The molecule has 0 fully saturated rings. The molecule has 0 heterocycles. The number of aromatic hydroxyl groups is 1. The highest BCUT2D eigenvalue weighted by molar-refractivity contribution is 6.45. The molecule has 0 spiro atoms. The van der Waals surface area contributed by atoms with E-state index in [4.69, 9.17) is 10.5 Å². The third-order valence-corrected chi connectivity index (χ3v) is 2.05. The summed E-state index contributed by atoms with van der Waals surface area (Å²) in [7, 11) is 0. The molecule has 16 heavy (non-hydrogen) atoms. The van der Waals surface area contributed by atoms with Gasteiger partial charge >= 0.3 is 5.97 Å². The van der Waals surface area contributed by atoms with Gasteiger partial charge in [-0.3, -0.25) is 10.2 Å². The van der Waals surface area contributed by atoms with Gasteiger partial charge in [0.15, 0.2) is 5.78 Å². The lowest BCUT2D eigenvalue weighted by atomic mass is 10.0. The lowest BCUT2D eigenvalue weighted by Crippen LogP contribution is -2.13. The Kier molecular flexibility index (Phi) is 3.40. The molecule has 0 aromatic heterocycles. The van der Waals surface area contributed by atoms with Crippen molar-refractivity contribution in [3.63, 3.8) is 0 Å². The second-order valence-electron chi connectivity index (χ2n) is 3.23. The summed E-state index contributed by atoms with van der Waals surface area (Å²) in [5.74, 6) is -1.89. The van der Waals surface area contributed by atoms with Crippen molar-refractivity contribution in [2.45, 2.75) is 13.3 Å². The van der Waals surface area contributed by atoms with Crippen molar-refractivity contribution in [1.29, 1.82) is 5.41 Å². The molecule has 0 saturated carbocycles. The minimum Gasteiger partial charge on any atom is -0.508 e. The summed E-state index contributed by atoms with van der Waals surface area (Å²) in [6.45, 7) is 1.61. The molecular weight excluding hydrogens is 210 g/mol. The van der Waals surface area contributed by atoms with Crippen LogP contribution in [0.1, 0.15) is 29.3 Å². The largest absolute Gasteiger partial charge is 0.508 e. The molecule has 3 N–H and O–H groups in total. The van der Waals surface area contributed by atoms with Gasteiger partial charge in [0.2, 0.25) is 0 Å². The minimum absolute atomic E-state index is 0.115. The molecule has 5 heteroatoms. The second kappa shape index (κ2) is 4.57. The lowest BCUT2D eigenvalue weighted by molar-refractivity contribution is -0.112. The number of carboxylic acids is 1. The third-order valence-electron chi connectivity index (χ3n) is 2.05. The smallest absolute Gasteiger partial charge is 0.335 e. The Morgan fingerprint density at radius 2 is 1.81 bits per heavy atom. The van der Waals surface area contributed by atoms with E-state index >= 15 is 0 Å². The first kappa shape index (κ1) is 11.9. The number of carbonyl (C=O) groups is 2. The maximum Gasteiger partial charge on any atom is 0.335 e. The van der Waals surface area contributed by atoms with Crippen molar-refractivity contribution in [3.05, 3.63) is 29.3 Å². The topological polar surface area (TPSA) is 98.5 Å². The molecule has 0 aliphatic carbocycles. The number of phenols is 1. The van der Waals surface area contributed by atoms with Crippen LogP contribution in [-0.2, 0) is 4.79 Å². The fourth-order valence-corrected chi connectivity index (χ4v) is 1.22. The van der Waals surface area contributed by atoms with Crippen LogP contribution in [0.2, 0.25) is 0 Å². The van der Waals surface area contributed by atoms with Gasteiger partial charge in [-0.05, 0) is 18.2 Å². The fourth-order valence-electron chi connectivity index (χ4n) is 1.22. The van der Waals surface area contributed by atoms with Crippen LogP contribution in [0.5, 0.6) is 5.75 Å². The molecule has 1 aromatic rings. The molecule has 0 amide bonds. The number of carboxylic acid groups (broad SMARTS) is 1. The molecule has 0 bridgehead atoms. The Balaban J connectivity index is 3.20. The van der Waals surface area contributed by atoms with E-state index in [-0.39, 0.29) is 29.0 Å². The van der Waals surface area contributed by atoms with Crippen LogP contribution in [0.15, 0.2) is 18.2 Å². The van der Waals surface area contributed by atoms with Gasteiger partial charge in [0, 0.05) is 12.0 Å². The van der Waals surface area contributed by atoms with Gasteiger partial charge in [0.1, 0.15) is 11.5 Å². The molecule has 1 rings (SSSR count). The molecular formula is C11H11NO4. The zero-order chi connectivity index (χ0) is 12.3. The number of aromatic carboxylic acids is 1. The molecule has 5 nitrogen and oxygen atoms in total. The van der Waals surface area contributed by atoms with E-state index in [1.165, 1.54) is 12.1 Å². The van der Waals surface area contributed by atoms with Gasteiger partial charge in [-0.1, -0.05) is 6.92 Å². The second-order valence-corrected chi connectivity index (χ2v) is 3.23. The predicted octanol–water partition coefficient (Wildman–Crippen LogP) is 1.44. The van der Waals surface area contributed by atoms with Crippen LogP contribution in [0.3, 0.4) is 0 Å². The maximum absolute atomic E-state index is 11.3. The maximum atomic E-state index is 11.3. The molecule has 1 aromatic carbocycles. The van der Waals surface area contributed by atoms with Crippen molar-refractivity contribution in [1.82, 2.24) is 0 Å². The first-order valence-electron chi connectivity index (χ1n) is 4.65. The van der Waals surface area contributed by atoms with Crippen molar-refractivity contribution in [2.75, 3.05) is 0 Å². The molecule has 0 unspecified atom stereocenters. The van der Waals surface area contributed by atoms with Crippen molar-refractivity contribution in [2.24, 2.45) is 0 Å². The Morgan fingerprint density at radius 1 is 1.25 bits per heavy atom. The Bertz CT molecular complexity index is 465. The monoisotopic (exact) mass is 221 g/mol. The number of Topliss-reactive ketones (excluding diaryl/α,β-unsaturated/α-hetero) is 1. The third kappa shape index (κ3) is 2.44. The summed E-state index contributed by atoms with van der Waals surface area (Å²) in [6, 6.07) is 3.45. The first-order chi connectivity index (χ1) is 7.45. The van der Waals surface area contributed by atoms with Gasteiger partial charge in [-0.2, -0.15) is 0 Å². The van der Waals surface area contributed by atoms with Crippen molar-refractivity contribution >= 4 is 17.5 Å². The van der Waals surface area contributed by atoms with E-state index in [2.05, 4.69) is 0 Å². The van der Waals surface area contributed by atoms with E-state index in [9.17, 15) is 14.7 Å². The number of hydrogen-bond donors (Lipinski definition) is 3. The highest BCUT2D eigenvalue weighted by Gasteiger charge is 2.13. The molecule has 0 atom stereocenters. The summed E-state index contributed by atoms with van der Waals surface area (Å²) in [6.07, 6.45) is 0.164. The van der Waals surface area contributed by atoms with E-state index in [1.54, 1.807) is 6.92 Å². The quantitative estimate of drug-likeness (QED) is 0.670. The van der Waals surface area contributed by atoms with E-state index in [1.807, 2.05) is 0 Å². The van der Waals surface area contributed by atoms with Crippen LogP contribution in [0, 0.1) is 5.41 Å². The number of nitrogens with one attached hydrogen (secondary N) is 1. The highest BCUT2D eigenvalue weighted by atomic mass is 16.4. The first-order valence-corrected chi connectivity index (χ1v) is 4.65. The summed E-state index contributed by atoms with van der Waals surface area (Å²) in [4.78, 5) is 22.0. The number of ketones is 1. The zero-order valence-electron chi connectivity index (χ0n) is 8.65. The Hall–Kier alpha value is -2.17. The van der Waals surface area contributed by atoms with E-state index < -0.39 is 11.8 Å². The number of hydrogen-bond acceptors (Lipinski definition) is 4. The normalized spacial score (nSPS) is 9.81. The summed E-state index contributed by atoms with van der Waals surface area (Å²) >= 11 is 0. The number of carbonyl (C=O) groups excluding carboxylic acids is 1. The number of phenolic OH excluding ortho intramolecular Hbond substituents is 1. The average Bonchev–Trinajstić information content (AvgIpc) is 2.26. The van der Waals surface area contributed by atoms with Gasteiger partial charge in [0.05, 0.1) is 5.56 Å². The van der Waals surface area contributed by atoms with Crippen LogP contribution in [-0.4, -0.2) is 27.7 Å². The summed E-state index contributed by atoms with van der Waals surface area (Å²) < 4.78 is 0. The standard InChI is InChI=1S/C11H11NO4/c1-2-9(14)10(12)6-3-7(11(15)16)5-8(13)4-6/h3-5,12-13H,2H2,1H3,(H,15,16). The van der Waals surface area contributed by atoms with Crippen LogP contribution in [0.25, 0.3) is 0 Å². The van der Waals surface area contributed by atoms with Crippen LogP contribution < -0.4 is 0 Å². The van der Waals surface area contributed by atoms with Gasteiger partial charge < -0.3 is 10.2 Å². The van der Waals surface area contributed by atoms with Crippen LogP contribution in [0.4, 0.5) is 0 Å². The number of benzene rings is 1. The lowest BCUT2D eigenvalue weighted by Gasteiger charge is -2.04. The van der Waals surface area contributed by atoms with E-state index in [0.717, 1.165) is 6.07 Å². The van der Waals surface area contributed by atoms with Crippen molar-refractivity contribution in [3.8, 4) is 5.75 Å². The Labute approximate surface area is 91.9 Å². The molecule has 0 saturated heterocycles. The summed E-state index contributed by atoms with van der Waals surface area (Å²) in [5, 5.41) is 25.5. The Morgan fingerprint density at radius 3 is 2.31 bits per heavy atom. The van der Waals surface area contributed by atoms with Gasteiger partial charge in [0.25, 0.3) is 0 Å². The molecule has 0 aliphatic heterocycles. The molecule has 84 valence electrons. The predicted molar refractivity (Wildman–Crippen MR) is 57.2 cm³/mol. The average molecular weight is 221 g/mol. The molecule has 0 radical (unpaired) electrons. The highest BCUT2D eigenvalue weighted by Crippen LogP contribution is 2.16. The fraction of sp³-hybridized carbons (Fsp3) is 0.182. The molecule has 0 aliphatic rings. The summed E-state index contributed by atoms with van der Waals surface area (Å²) in [5.41, 5.74) is -0.325. The SMILES string of the molecule is CCC(=O)C(=N)c1cc(O)cc(C(=O)O)c1. The van der Waals surface area contributed by atoms with Crippen LogP contribution >= 0.6 is 0 Å². The minimum atomic E-state index is -1.21. The zero-order valence-corrected chi connectivity index (χ0v) is 8.65. The number of rotatable bonds is 4. The van der Waals surface area contributed by atoms with Crippen molar-refractivity contribution < 1.29 is 19.8 Å².